The van der Waals surface area contributed by atoms with Gasteiger partial charge in [0.25, 0.3) is 0 Å². The largest absolute Gasteiger partial charge is 0.481 e. The zero-order valence-electron chi connectivity index (χ0n) is 13.0. The van der Waals surface area contributed by atoms with Crippen LogP contribution in [-0.4, -0.2) is 89.8 Å². The molecule has 21 heavy (non-hydrogen) atoms. The topological polar surface area (TPSA) is 73.3 Å². The fraction of sp³-hybridized carbons (Fsp3) is 0.857. The molecule has 0 spiro atoms. The molecule has 0 saturated carbocycles. The summed E-state index contributed by atoms with van der Waals surface area (Å²) in [6.45, 7) is 7.78. The van der Waals surface area contributed by atoms with Crippen LogP contribution in [0.1, 0.15) is 20.3 Å². The van der Waals surface area contributed by atoms with Crippen LogP contribution in [0.25, 0.3) is 0 Å². The van der Waals surface area contributed by atoms with Crippen LogP contribution in [0.15, 0.2) is 0 Å². The fourth-order valence-electron chi connectivity index (χ4n) is 2.81. The number of hydrogen-bond acceptors (Lipinski definition) is 4. The van der Waals surface area contributed by atoms with E-state index in [9.17, 15) is 9.59 Å². The summed E-state index contributed by atoms with van der Waals surface area (Å²) >= 11 is 0. The molecular weight excluding hydrogens is 274 g/mol. The second-order valence-corrected chi connectivity index (χ2v) is 6.47. The third-order valence-corrected chi connectivity index (χ3v) is 4.40. The highest BCUT2D eigenvalue weighted by molar-refractivity contribution is 5.75. The van der Waals surface area contributed by atoms with Crippen LogP contribution in [0.2, 0.25) is 0 Å². The fourth-order valence-corrected chi connectivity index (χ4v) is 2.81. The minimum Gasteiger partial charge on any atom is -0.481 e. The Labute approximate surface area is 125 Å². The van der Waals surface area contributed by atoms with Gasteiger partial charge in [0, 0.05) is 38.3 Å². The van der Waals surface area contributed by atoms with Gasteiger partial charge >= 0.3 is 12.0 Å². The van der Waals surface area contributed by atoms with Gasteiger partial charge in [0.2, 0.25) is 0 Å². The number of amides is 2. The van der Waals surface area contributed by atoms with Gasteiger partial charge in [-0.1, -0.05) is 0 Å². The maximum absolute atomic E-state index is 12.6. The number of carbonyl (C=O) groups is 2. The van der Waals surface area contributed by atoms with E-state index in [-0.39, 0.29) is 18.0 Å². The molecule has 0 bridgehead atoms. The van der Waals surface area contributed by atoms with Crippen molar-refractivity contribution in [1.29, 1.82) is 0 Å². The van der Waals surface area contributed by atoms with Gasteiger partial charge in [-0.25, -0.2) is 4.79 Å². The van der Waals surface area contributed by atoms with E-state index in [2.05, 4.69) is 25.8 Å². The predicted molar refractivity (Wildman–Crippen MR) is 77.2 cm³/mol. The number of urea groups is 1. The summed E-state index contributed by atoms with van der Waals surface area (Å²) in [5, 5.41) is 8.84. The number of morpholine rings is 1. The molecule has 1 unspecified atom stereocenters. The number of carboxylic acid groups (broad SMARTS) is 1. The maximum Gasteiger partial charge on any atom is 0.320 e. The first-order chi connectivity index (χ1) is 9.79. The number of rotatable bonds is 2. The van der Waals surface area contributed by atoms with Crippen molar-refractivity contribution in [2.75, 3.05) is 46.4 Å². The van der Waals surface area contributed by atoms with Crippen LogP contribution in [0.4, 0.5) is 4.79 Å². The van der Waals surface area contributed by atoms with Gasteiger partial charge in [-0.2, -0.15) is 0 Å². The molecule has 2 saturated heterocycles. The highest BCUT2D eigenvalue weighted by Crippen LogP contribution is 2.20. The molecule has 1 N–H and O–H groups in total. The smallest absolute Gasteiger partial charge is 0.320 e. The van der Waals surface area contributed by atoms with Crippen molar-refractivity contribution in [3.8, 4) is 0 Å². The lowest BCUT2D eigenvalue weighted by molar-refractivity contribution is -0.141. The normalized spacial score (nSPS) is 26.7. The monoisotopic (exact) mass is 299 g/mol. The third kappa shape index (κ3) is 3.85. The Morgan fingerprint density at radius 1 is 1.24 bits per heavy atom. The Balaban J connectivity index is 1.95. The molecule has 0 aromatic carbocycles. The number of likely N-dealkylation sites (N-methyl/N-ethyl adjacent to an activating group) is 1. The first-order valence-electron chi connectivity index (χ1n) is 7.38. The van der Waals surface area contributed by atoms with Crippen LogP contribution in [0.3, 0.4) is 0 Å². The van der Waals surface area contributed by atoms with E-state index in [1.54, 1.807) is 4.90 Å². The predicted octanol–water partition coefficient (Wildman–Crippen LogP) is 0.308. The average Bonchev–Trinajstić information content (AvgIpc) is 2.40. The van der Waals surface area contributed by atoms with E-state index in [1.165, 1.54) is 0 Å². The molecule has 1 atom stereocenters. The molecule has 7 nitrogen and oxygen atoms in total. The summed E-state index contributed by atoms with van der Waals surface area (Å²) < 4.78 is 5.41. The lowest BCUT2D eigenvalue weighted by Crippen LogP contribution is -2.62. The van der Waals surface area contributed by atoms with Gasteiger partial charge in [0.05, 0.1) is 19.1 Å². The van der Waals surface area contributed by atoms with Crippen molar-refractivity contribution in [2.45, 2.75) is 31.9 Å². The summed E-state index contributed by atoms with van der Waals surface area (Å²) in [5.74, 6) is -0.893. The molecule has 0 aliphatic carbocycles. The summed E-state index contributed by atoms with van der Waals surface area (Å²) in [6.07, 6.45) is -0.460. The van der Waals surface area contributed by atoms with E-state index >= 15 is 0 Å². The highest BCUT2D eigenvalue weighted by atomic mass is 16.5. The SMILES string of the molecule is CN1CCN(C(=O)N2CCOC(CC(=O)O)C2)CC1(C)C. The first-order valence-corrected chi connectivity index (χ1v) is 7.38. The molecule has 0 aromatic rings. The van der Waals surface area contributed by atoms with Crippen LogP contribution in [0, 0.1) is 0 Å². The number of carbonyl (C=O) groups excluding carboxylic acids is 1. The maximum atomic E-state index is 12.6. The van der Waals surface area contributed by atoms with E-state index in [0.717, 1.165) is 6.54 Å². The van der Waals surface area contributed by atoms with E-state index in [0.29, 0.717) is 32.8 Å². The summed E-state index contributed by atoms with van der Waals surface area (Å²) in [5.41, 5.74) is -0.0410. The zero-order chi connectivity index (χ0) is 15.6. The van der Waals surface area contributed by atoms with E-state index < -0.39 is 12.1 Å². The minimum atomic E-state index is -0.893. The van der Waals surface area contributed by atoms with Gasteiger partial charge in [-0.05, 0) is 20.9 Å². The molecule has 120 valence electrons. The number of aliphatic carboxylic acids is 1. The Morgan fingerprint density at radius 2 is 1.95 bits per heavy atom. The molecular formula is C14H25N3O4. The minimum absolute atomic E-state index is 0.00476. The summed E-state index contributed by atoms with van der Waals surface area (Å²) in [6, 6.07) is -0.00476. The van der Waals surface area contributed by atoms with Crippen molar-refractivity contribution < 1.29 is 19.4 Å². The number of nitrogens with zero attached hydrogens (tertiary/aromatic N) is 3. The Hall–Kier alpha value is -1.34. The molecule has 2 fully saturated rings. The van der Waals surface area contributed by atoms with Crippen molar-refractivity contribution in [3.63, 3.8) is 0 Å². The van der Waals surface area contributed by atoms with E-state index in [1.807, 2.05) is 4.90 Å². The zero-order valence-corrected chi connectivity index (χ0v) is 13.0. The van der Waals surface area contributed by atoms with Gasteiger partial charge in [-0.3, -0.25) is 9.69 Å². The molecule has 0 aromatic heterocycles. The Bertz CT molecular complexity index is 413. The van der Waals surface area contributed by atoms with Gasteiger partial charge in [-0.15, -0.1) is 0 Å². The van der Waals surface area contributed by atoms with Crippen molar-refractivity contribution in [2.24, 2.45) is 0 Å². The average molecular weight is 299 g/mol. The van der Waals surface area contributed by atoms with Gasteiger partial charge in [0.15, 0.2) is 0 Å². The lowest BCUT2D eigenvalue weighted by atomic mass is 10.00. The van der Waals surface area contributed by atoms with Crippen LogP contribution in [-0.2, 0) is 9.53 Å². The van der Waals surface area contributed by atoms with Crippen molar-refractivity contribution in [1.82, 2.24) is 14.7 Å². The van der Waals surface area contributed by atoms with Crippen LogP contribution >= 0.6 is 0 Å². The Morgan fingerprint density at radius 3 is 2.57 bits per heavy atom. The standard InChI is InChI=1S/C14H25N3O4/c1-14(2)10-17(5-4-15(14)3)13(20)16-6-7-21-11(9-16)8-12(18)19/h11H,4-10H2,1-3H3,(H,18,19). The van der Waals surface area contributed by atoms with Crippen LogP contribution < -0.4 is 0 Å². The number of hydrogen-bond donors (Lipinski definition) is 1. The number of carboxylic acids is 1. The lowest BCUT2D eigenvalue weighted by Gasteiger charge is -2.47. The second kappa shape index (κ2) is 6.19. The summed E-state index contributed by atoms with van der Waals surface area (Å²) in [4.78, 5) is 29.2. The van der Waals surface area contributed by atoms with Crippen LogP contribution in [0.5, 0.6) is 0 Å². The molecule has 7 heteroatoms. The quantitative estimate of drug-likeness (QED) is 0.794. The number of ether oxygens (including phenoxy) is 1. The van der Waals surface area contributed by atoms with E-state index in [4.69, 9.17) is 9.84 Å². The molecule has 2 aliphatic heterocycles. The van der Waals surface area contributed by atoms with Gasteiger partial charge < -0.3 is 19.6 Å². The Kier molecular flexibility index (Phi) is 4.73. The highest BCUT2D eigenvalue weighted by Gasteiger charge is 2.36. The summed E-state index contributed by atoms with van der Waals surface area (Å²) in [7, 11) is 2.07. The van der Waals surface area contributed by atoms with Gasteiger partial charge in [0.1, 0.15) is 0 Å². The third-order valence-electron chi connectivity index (χ3n) is 4.40. The molecule has 2 rings (SSSR count). The first kappa shape index (κ1) is 16.0. The van der Waals surface area contributed by atoms with Crippen molar-refractivity contribution in [3.05, 3.63) is 0 Å². The second-order valence-electron chi connectivity index (χ2n) is 6.47. The number of piperazine rings is 1. The van der Waals surface area contributed by atoms with Crippen molar-refractivity contribution >= 4 is 12.0 Å². The molecule has 2 heterocycles. The molecule has 2 amide bonds. The molecule has 2 aliphatic rings. The molecule has 0 radical (unpaired) electrons.